The quantitative estimate of drug-likeness (QED) is 0.287. The van der Waals surface area contributed by atoms with Crippen LogP contribution in [0.25, 0.3) is 0 Å². The zero-order chi connectivity index (χ0) is 80.1. The lowest BCUT2D eigenvalue weighted by Gasteiger charge is -2.29. The normalized spacial score (nSPS) is 34.5. The number of aliphatic hydroxyl groups excluding tert-OH is 2. The number of rotatable bonds is 2. The molecular weight excluding hydrogens is 1350 g/mol. The van der Waals surface area contributed by atoms with Gasteiger partial charge in [-0.3, -0.25) is 0 Å². The Morgan fingerprint density at radius 1 is 0.191 bits per heavy atom. The predicted molar refractivity (Wildman–Crippen MR) is 486 cm³/mol. The first-order valence-corrected chi connectivity index (χ1v) is 50.9. The van der Waals surface area contributed by atoms with E-state index < -0.39 is 0 Å². The van der Waals surface area contributed by atoms with Crippen LogP contribution in [0.3, 0.4) is 0 Å². The summed E-state index contributed by atoms with van der Waals surface area (Å²) < 4.78 is 24.8. The van der Waals surface area contributed by atoms with E-state index in [1.54, 1.807) is 0 Å². The molecule has 1 saturated carbocycles. The summed E-state index contributed by atoms with van der Waals surface area (Å²) in [6, 6.07) is 0. The summed E-state index contributed by atoms with van der Waals surface area (Å²) >= 11 is 0. The van der Waals surface area contributed by atoms with Crippen molar-refractivity contribution in [2.45, 2.75) is 520 Å². The predicted octanol–water partition coefficient (Wildman–Crippen LogP) is 32.9. The van der Waals surface area contributed by atoms with E-state index in [1.807, 2.05) is 0 Å². The molecule has 0 aromatic rings. The van der Waals surface area contributed by atoms with Crippen LogP contribution in [0.2, 0.25) is 0 Å². The third-order valence-corrected chi connectivity index (χ3v) is 28.7. The Labute approximate surface area is 692 Å². The SMILES string of the molecule is CC1CCCC(C)CCCC(C)CCC(C)CCCC(C)CCCC(C)CCCC(C)CCOC(CO)COCCC(C)CCCC2CCCCCCCCCCCCCCCCCCCCCC(C2)C(C)CCCC(C)CCC(C)CCCC(C)CCCCCCCC(C)CCOC(CO)COCCC(C)CCC1. The fraction of sp³-hybridized carbons (Fsp3) is 1.00. The third-order valence-electron chi connectivity index (χ3n) is 28.7. The lowest BCUT2D eigenvalue weighted by atomic mass is 9.76. The molecule has 1 aliphatic heterocycles. The molecule has 6 nitrogen and oxygen atoms in total. The van der Waals surface area contributed by atoms with Crippen LogP contribution < -0.4 is 0 Å². The van der Waals surface area contributed by atoms with Crippen LogP contribution in [0.15, 0.2) is 0 Å². The van der Waals surface area contributed by atoms with Gasteiger partial charge in [-0.1, -0.05) is 476 Å². The van der Waals surface area contributed by atoms with Crippen molar-refractivity contribution in [3.63, 3.8) is 0 Å². The van der Waals surface area contributed by atoms with E-state index in [1.165, 1.54) is 385 Å². The van der Waals surface area contributed by atoms with Gasteiger partial charge in [-0.05, 0) is 127 Å². The van der Waals surface area contributed by atoms with Crippen molar-refractivity contribution >= 4 is 0 Å². The van der Waals surface area contributed by atoms with Gasteiger partial charge in [0.25, 0.3) is 0 Å². The molecule has 0 aromatic heterocycles. The molecule has 18 unspecified atom stereocenters. The molecular formula is C104H206O6. The third kappa shape index (κ3) is 66.6. The largest absolute Gasteiger partial charge is 0.394 e. The number of ether oxygens (including phenoxy) is 4. The maximum atomic E-state index is 10.3. The molecule has 18 atom stereocenters. The zero-order valence-corrected chi connectivity index (χ0v) is 77.8. The van der Waals surface area contributed by atoms with Crippen molar-refractivity contribution in [1.82, 2.24) is 0 Å². The topological polar surface area (TPSA) is 77.4 Å². The standard InChI is InChI=1S/C104H206O6/c1-87-48-35-31-30-32-36-49-96(10)76-80-109-103(83-105)85-107-78-74-97(11)62-44-57-90(4)53-39-51-88(2)55-42-60-93(7)70-71-94(8)61-43-56-89(3)52-40-54-91(5)58-45-63-99(13)77-81-110-104(84-106)86-108-79-75-98(12)65-47-68-101-67-37-33-28-26-24-22-20-18-16-15-17-19-21-23-25-27-29-34-38-69-102(82-101)100(14)66-46-64-95(9)73-72-92(6)59-41-50-87/h87-106H,15-86H2,1-14H3. The van der Waals surface area contributed by atoms with E-state index >= 15 is 0 Å². The molecule has 0 amide bonds. The van der Waals surface area contributed by atoms with E-state index in [2.05, 4.69) is 96.9 Å². The van der Waals surface area contributed by atoms with Gasteiger partial charge in [-0.25, -0.2) is 0 Å². The number of hydrogen-bond acceptors (Lipinski definition) is 6. The Morgan fingerprint density at radius 2 is 0.382 bits per heavy atom. The van der Waals surface area contributed by atoms with E-state index in [0.29, 0.717) is 36.9 Å². The zero-order valence-electron chi connectivity index (χ0n) is 77.8. The summed E-state index contributed by atoms with van der Waals surface area (Å²) in [7, 11) is 0. The Balaban J connectivity index is 1.95. The fourth-order valence-electron chi connectivity index (χ4n) is 19.5. The molecule has 1 saturated heterocycles. The minimum Gasteiger partial charge on any atom is -0.394 e. The summed E-state index contributed by atoms with van der Waals surface area (Å²) in [5, 5.41) is 20.4. The first kappa shape index (κ1) is 106. The van der Waals surface area contributed by atoms with Crippen LogP contribution in [0, 0.1) is 94.7 Å². The molecule has 0 aromatic carbocycles. The molecule has 1 aliphatic carbocycles. The minimum atomic E-state index is -0.211. The minimum absolute atomic E-state index is 0.0446. The number of aliphatic hydroxyl groups is 2. The van der Waals surface area contributed by atoms with Gasteiger partial charge < -0.3 is 29.2 Å². The average Bonchev–Trinajstić information content (AvgIpc) is 0.905. The van der Waals surface area contributed by atoms with Crippen LogP contribution in [-0.2, 0) is 18.9 Å². The smallest absolute Gasteiger partial charge is 0.104 e. The van der Waals surface area contributed by atoms with Crippen LogP contribution in [-0.4, -0.2) is 75.3 Å². The van der Waals surface area contributed by atoms with Crippen molar-refractivity contribution in [2.75, 3.05) is 52.9 Å². The highest BCUT2D eigenvalue weighted by Gasteiger charge is 2.24. The van der Waals surface area contributed by atoms with E-state index in [0.717, 1.165) is 123 Å². The highest BCUT2D eigenvalue weighted by atomic mass is 16.5. The first-order chi connectivity index (χ1) is 53.3. The van der Waals surface area contributed by atoms with Crippen molar-refractivity contribution in [3.8, 4) is 0 Å². The second-order valence-corrected chi connectivity index (χ2v) is 41.0. The lowest BCUT2D eigenvalue weighted by molar-refractivity contribution is -0.0471. The van der Waals surface area contributed by atoms with Gasteiger partial charge in [0.05, 0.1) is 26.4 Å². The van der Waals surface area contributed by atoms with Crippen molar-refractivity contribution in [1.29, 1.82) is 0 Å². The maximum absolute atomic E-state index is 10.3. The van der Waals surface area contributed by atoms with Gasteiger partial charge >= 0.3 is 0 Å². The molecule has 2 bridgehead atoms. The summed E-state index contributed by atoms with van der Waals surface area (Å²) in [5.74, 6) is 13.0. The molecule has 658 valence electrons. The molecule has 0 spiro atoms. The van der Waals surface area contributed by atoms with Crippen LogP contribution in [0.4, 0.5) is 0 Å². The van der Waals surface area contributed by atoms with Crippen LogP contribution >= 0.6 is 0 Å². The number of fused-ring (bicyclic) bond motifs is 2. The van der Waals surface area contributed by atoms with Gasteiger partial charge in [-0.2, -0.15) is 0 Å². The van der Waals surface area contributed by atoms with Gasteiger partial charge in [0.15, 0.2) is 0 Å². The summed E-state index contributed by atoms with van der Waals surface area (Å²) in [6.45, 7) is 39.2. The van der Waals surface area contributed by atoms with E-state index in [9.17, 15) is 10.2 Å². The Bertz CT molecular complexity index is 1860. The first-order valence-electron chi connectivity index (χ1n) is 50.9. The van der Waals surface area contributed by atoms with E-state index in [-0.39, 0.29) is 25.4 Å². The van der Waals surface area contributed by atoms with Crippen molar-refractivity contribution in [3.05, 3.63) is 0 Å². The molecule has 0 radical (unpaired) electrons. The van der Waals surface area contributed by atoms with Gasteiger partial charge in [0, 0.05) is 26.4 Å². The molecule has 2 fully saturated rings. The second-order valence-electron chi connectivity index (χ2n) is 41.0. The molecule has 1 heterocycles. The molecule has 110 heavy (non-hydrogen) atoms. The maximum Gasteiger partial charge on any atom is 0.104 e. The van der Waals surface area contributed by atoms with E-state index in [4.69, 9.17) is 18.9 Å². The van der Waals surface area contributed by atoms with Crippen LogP contribution in [0.5, 0.6) is 0 Å². The van der Waals surface area contributed by atoms with Gasteiger partial charge in [-0.15, -0.1) is 0 Å². The number of hydrogen-bond donors (Lipinski definition) is 2. The lowest BCUT2D eigenvalue weighted by Crippen LogP contribution is -2.25. The summed E-state index contributed by atoms with van der Waals surface area (Å²) in [5.41, 5.74) is 0. The van der Waals surface area contributed by atoms with Gasteiger partial charge in [0.2, 0.25) is 0 Å². The second kappa shape index (κ2) is 75.0. The molecule has 6 heteroatoms. The molecule has 2 rings (SSSR count). The Kier molecular flexibility index (Phi) is 72.2. The van der Waals surface area contributed by atoms with Crippen LogP contribution in [0.1, 0.15) is 508 Å². The summed E-state index contributed by atoms with van der Waals surface area (Å²) in [6.07, 6.45) is 88.7. The monoisotopic (exact) mass is 1550 g/mol. The van der Waals surface area contributed by atoms with Crippen molar-refractivity contribution < 1.29 is 29.2 Å². The van der Waals surface area contributed by atoms with Gasteiger partial charge in [0.1, 0.15) is 12.2 Å². The highest BCUT2D eigenvalue weighted by Crippen LogP contribution is 2.37. The molecule has 2 N–H and O–H groups in total. The highest BCUT2D eigenvalue weighted by molar-refractivity contribution is 4.76. The fourth-order valence-corrected chi connectivity index (χ4v) is 19.5. The summed E-state index contributed by atoms with van der Waals surface area (Å²) in [4.78, 5) is 0. The van der Waals surface area contributed by atoms with Crippen molar-refractivity contribution in [2.24, 2.45) is 94.7 Å². The Morgan fingerprint density at radius 3 is 0.655 bits per heavy atom. The average molecular weight is 1550 g/mol. The Hall–Kier alpha value is -0.240. The molecule has 2 aliphatic rings.